The Morgan fingerprint density at radius 1 is 2.00 bits per heavy atom. The van der Waals surface area contributed by atoms with E-state index in [1.54, 1.807) is 0 Å². The molecule has 0 aliphatic heterocycles. The zero-order chi connectivity index (χ0) is 3.58. The fourth-order valence-electron chi connectivity index (χ4n) is 0. The Kier molecular flexibility index (Phi) is 1.60. The molecule has 0 unspecified atom stereocenters. The van der Waals surface area contributed by atoms with Crippen molar-refractivity contribution >= 4 is 4.13 Å². The zero-order valence-corrected chi connectivity index (χ0v) is 5.15. The van der Waals surface area contributed by atoms with Crippen molar-refractivity contribution in [2.24, 2.45) is 5.73 Å². The molecule has 0 aromatic heterocycles. The van der Waals surface area contributed by atoms with Gasteiger partial charge in [-0.05, 0) is 0 Å². The van der Waals surface area contributed by atoms with Crippen LogP contribution in [-0.4, -0.2) is 4.13 Å². The van der Waals surface area contributed by atoms with Crippen molar-refractivity contribution in [3.63, 3.8) is 0 Å². The van der Waals surface area contributed by atoms with E-state index in [4.69, 9.17) is 0 Å². The molecule has 2 N–H and O–H groups in total. The molecular weight excluding hydrogens is 223 g/mol. The van der Waals surface area contributed by atoms with E-state index in [1.165, 1.54) is 0 Å². The molecule has 0 heterocycles. The molecule has 0 saturated heterocycles. The first-order valence-electron chi connectivity index (χ1n) is 0.716. The quantitative estimate of drug-likeness (QED) is 0.599. The van der Waals surface area contributed by atoms with Crippen LogP contribution in [0.2, 0.25) is 0 Å². The Hall–Kier alpha value is 0.210. The first-order chi connectivity index (χ1) is 1.73. The molecule has 0 bridgehead atoms. The van der Waals surface area contributed by atoms with Crippen molar-refractivity contribution in [1.82, 2.24) is 0 Å². The van der Waals surface area contributed by atoms with Crippen LogP contribution in [0.5, 0.6) is 0 Å². The van der Waals surface area contributed by atoms with Crippen LogP contribution in [0.15, 0.2) is 0 Å². The molecule has 1 amide bonds. The van der Waals surface area contributed by atoms with Gasteiger partial charge < -0.3 is 0 Å². The summed E-state index contributed by atoms with van der Waals surface area (Å²) in [6.45, 7) is 0. The van der Waals surface area contributed by atoms with E-state index in [2.05, 4.69) is 5.73 Å². The van der Waals surface area contributed by atoms with Gasteiger partial charge in [-0.25, -0.2) is 0 Å². The summed E-state index contributed by atoms with van der Waals surface area (Å²) in [4.78, 5) is 9.27. The van der Waals surface area contributed by atoms with Crippen LogP contribution in [-0.2, 0) is 21.1 Å². The van der Waals surface area contributed by atoms with Gasteiger partial charge in [-0.2, -0.15) is 0 Å². The third kappa shape index (κ3) is 73.2. The van der Waals surface area contributed by atoms with Crippen molar-refractivity contribution in [1.29, 1.82) is 0 Å². The summed E-state index contributed by atoms with van der Waals surface area (Å²) in [5.74, 6) is 0. The van der Waals surface area contributed by atoms with Gasteiger partial charge in [-0.1, -0.05) is 0 Å². The summed E-state index contributed by atoms with van der Waals surface area (Å²) in [6.07, 6.45) is 0. The van der Waals surface area contributed by atoms with Crippen LogP contribution in [0.3, 0.4) is 0 Å². The number of nitrogens with two attached hydrogens (primary N) is 1. The second kappa shape index (κ2) is 1.52. The monoisotopic (exact) mass is 225 g/mol. The third-order valence-electron chi connectivity index (χ3n) is 0. The Labute approximate surface area is 36.3 Å². The molecule has 0 radical (unpaired) electrons. The Bertz CT molecular complexity index is 31.0. The van der Waals surface area contributed by atoms with E-state index in [9.17, 15) is 4.79 Å². The Morgan fingerprint density at radius 2 is 2.00 bits per heavy atom. The van der Waals surface area contributed by atoms with Gasteiger partial charge >= 0.3 is 35.7 Å². The molecule has 0 aliphatic carbocycles. The van der Waals surface area contributed by atoms with Crippen LogP contribution in [0, 0.1) is 0 Å². The average Bonchev–Trinajstić information content (AvgIpc) is 0.811. The molecule has 0 atom stereocenters. The number of hydrogen-bond donors (Lipinski definition) is 1. The molecule has 4 heavy (non-hydrogen) atoms. The predicted octanol–water partition coefficient (Wildman–Crippen LogP) is -0.388. The van der Waals surface area contributed by atoms with Gasteiger partial charge in [0.05, 0.1) is 0 Å². The number of hydrogen-bond acceptors (Lipinski definition) is 1. The second-order valence-electron chi connectivity index (χ2n) is 0.338. The topological polar surface area (TPSA) is 43.1 Å². The van der Waals surface area contributed by atoms with Gasteiger partial charge in [0.1, 0.15) is 0 Å². The van der Waals surface area contributed by atoms with Gasteiger partial charge in [0.2, 0.25) is 0 Å². The summed E-state index contributed by atoms with van der Waals surface area (Å²) in [6, 6.07) is 0. The molecule has 0 aromatic carbocycles. The minimum atomic E-state index is -0.222. The Morgan fingerprint density at radius 3 is 2.00 bits per heavy atom. The van der Waals surface area contributed by atoms with Crippen molar-refractivity contribution in [2.75, 3.05) is 0 Å². The average molecular weight is 225 g/mol. The van der Waals surface area contributed by atoms with Gasteiger partial charge in [0, 0.05) is 0 Å². The van der Waals surface area contributed by atoms with Crippen molar-refractivity contribution in [2.45, 2.75) is 0 Å². The van der Waals surface area contributed by atoms with E-state index >= 15 is 0 Å². The molecular formula is CH2NOTa. The number of carbonyl (C=O) groups excluding carboxylic acids is 1. The first-order valence-corrected chi connectivity index (χ1v) is 2.32. The number of rotatable bonds is 0. The van der Waals surface area contributed by atoms with Crippen LogP contribution in [0.1, 0.15) is 0 Å². The number of carbonyl (C=O) groups is 1. The SMILES string of the molecule is N[C](=O)[Ta]. The summed E-state index contributed by atoms with van der Waals surface area (Å²) < 4.78 is -0.222. The van der Waals surface area contributed by atoms with E-state index < -0.39 is 0 Å². The first kappa shape index (κ1) is 4.21. The molecule has 0 rings (SSSR count). The van der Waals surface area contributed by atoms with Crippen molar-refractivity contribution in [3.8, 4) is 0 Å². The second-order valence-corrected chi connectivity index (χ2v) is 1.92. The van der Waals surface area contributed by atoms with Crippen LogP contribution >= 0.6 is 0 Å². The standard InChI is InChI=1S/CH2NO.Ta/c2-1-3;/h(H2,2,3);. The predicted molar refractivity (Wildman–Crippen MR) is 9.58 cm³/mol. The molecule has 2 nitrogen and oxygen atoms in total. The molecule has 22 valence electrons. The molecule has 0 aromatic rings. The third-order valence-corrected chi connectivity index (χ3v) is 0. The van der Waals surface area contributed by atoms with Crippen LogP contribution in [0.4, 0.5) is 4.79 Å². The zero-order valence-electron chi connectivity index (χ0n) is 1.93. The molecule has 0 spiro atoms. The van der Waals surface area contributed by atoms with E-state index in [0.717, 1.165) is 0 Å². The van der Waals surface area contributed by atoms with Gasteiger partial charge in [0.15, 0.2) is 0 Å². The van der Waals surface area contributed by atoms with Crippen LogP contribution in [0.25, 0.3) is 0 Å². The van der Waals surface area contributed by atoms with E-state index in [1.807, 2.05) is 0 Å². The molecule has 0 aliphatic rings. The number of primary amides is 1. The van der Waals surface area contributed by atoms with E-state index in [0.29, 0.717) is 21.1 Å². The number of amides is 1. The van der Waals surface area contributed by atoms with Crippen LogP contribution < -0.4 is 5.73 Å². The molecule has 3 heteroatoms. The normalized spacial score (nSPS) is 6.00. The molecule has 0 saturated carbocycles. The van der Waals surface area contributed by atoms with Crippen molar-refractivity contribution in [3.05, 3.63) is 0 Å². The molecule has 0 fully saturated rings. The van der Waals surface area contributed by atoms with Gasteiger partial charge in [0.25, 0.3) is 0 Å². The maximum atomic E-state index is 9.27. The fourth-order valence-corrected chi connectivity index (χ4v) is 0. The van der Waals surface area contributed by atoms with Gasteiger partial charge in [-0.3, -0.25) is 0 Å². The summed E-state index contributed by atoms with van der Waals surface area (Å²) >= 11 is 0.651. The summed E-state index contributed by atoms with van der Waals surface area (Å²) in [5, 5.41) is 0. The minimum absolute atomic E-state index is 0.222. The summed E-state index contributed by atoms with van der Waals surface area (Å²) in [5.41, 5.74) is 4.52. The fraction of sp³-hybridized carbons (Fsp3) is 0. The van der Waals surface area contributed by atoms with Crippen molar-refractivity contribution < 1.29 is 25.9 Å². The van der Waals surface area contributed by atoms with E-state index in [-0.39, 0.29) is 4.13 Å². The Balaban J connectivity index is 2.80. The maximum absolute atomic E-state index is 9.27. The summed E-state index contributed by atoms with van der Waals surface area (Å²) in [7, 11) is 0. The van der Waals surface area contributed by atoms with Gasteiger partial charge in [-0.15, -0.1) is 0 Å².